The number of carbonyl (C=O) groups excluding carboxylic acids is 2. The van der Waals surface area contributed by atoms with Crippen LogP contribution in [-0.4, -0.2) is 34.5 Å². The number of amides is 3. The number of nitrogens with one attached hydrogen (secondary N) is 1. The normalized spacial score (nSPS) is 23.7. The number of urea groups is 1. The molecule has 1 rings (SSSR count). The van der Waals surface area contributed by atoms with E-state index in [2.05, 4.69) is 5.32 Å². The van der Waals surface area contributed by atoms with E-state index in [1.807, 2.05) is 13.8 Å². The van der Waals surface area contributed by atoms with Crippen LogP contribution in [0.2, 0.25) is 0 Å². The van der Waals surface area contributed by atoms with Crippen molar-refractivity contribution in [2.75, 3.05) is 7.05 Å². The van der Waals surface area contributed by atoms with E-state index in [0.29, 0.717) is 5.25 Å². The highest BCUT2D eigenvalue weighted by atomic mass is 32.2. The Morgan fingerprint density at radius 3 is 2.42 bits per heavy atom. The Morgan fingerprint density at radius 1 is 1.50 bits per heavy atom. The van der Waals surface area contributed by atoms with Gasteiger partial charge in [-0.1, -0.05) is 13.8 Å². The van der Waals surface area contributed by atoms with E-state index in [0.717, 1.165) is 4.90 Å². The maximum atomic E-state index is 11.3. The number of carbonyl (C=O) groups is 2. The lowest BCUT2D eigenvalue weighted by atomic mass is 10.6. The van der Waals surface area contributed by atoms with Crippen LogP contribution in [0.3, 0.4) is 0 Å². The summed E-state index contributed by atoms with van der Waals surface area (Å²) in [7, 11) is 1.48. The summed E-state index contributed by atoms with van der Waals surface area (Å²) in [5.41, 5.74) is 0. The summed E-state index contributed by atoms with van der Waals surface area (Å²) in [5.74, 6) is -0.154. The van der Waals surface area contributed by atoms with E-state index in [4.69, 9.17) is 0 Å². The van der Waals surface area contributed by atoms with Gasteiger partial charge in [-0.3, -0.25) is 9.69 Å². The van der Waals surface area contributed by atoms with Gasteiger partial charge in [0.05, 0.1) is 0 Å². The summed E-state index contributed by atoms with van der Waals surface area (Å²) >= 11 is 1.45. The van der Waals surface area contributed by atoms with Crippen LogP contribution in [0.25, 0.3) is 0 Å². The van der Waals surface area contributed by atoms with Crippen LogP contribution in [0.4, 0.5) is 4.79 Å². The SMILES string of the molecule is CC(C)SC1NC(=O)N(C)C1=O. The molecule has 0 aromatic heterocycles. The van der Waals surface area contributed by atoms with Crippen LogP contribution in [0.5, 0.6) is 0 Å². The first-order valence-electron chi connectivity index (χ1n) is 3.76. The minimum Gasteiger partial charge on any atom is -0.317 e. The van der Waals surface area contributed by atoms with E-state index in [1.54, 1.807) is 0 Å². The molecule has 0 aromatic rings. The topological polar surface area (TPSA) is 49.4 Å². The van der Waals surface area contributed by atoms with E-state index in [9.17, 15) is 9.59 Å². The van der Waals surface area contributed by atoms with Crippen molar-refractivity contribution in [1.29, 1.82) is 0 Å². The number of nitrogens with zero attached hydrogens (tertiary/aromatic N) is 1. The summed E-state index contributed by atoms with van der Waals surface area (Å²) in [6.07, 6.45) is 0. The molecule has 1 aliphatic rings. The fraction of sp³-hybridized carbons (Fsp3) is 0.714. The second kappa shape index (κ2) is 3.35. The first-order chi connectivity index (χ1) is 5.52. The molecule has 3 amide bonds. The van der Waals surface area contributed by atoms with Gasteiger partial charge in [0, 0.05) is 12.3 Å². The number of likely N-dealkylation sites (N-methyl/N-ethyl adjacent to an activating group) is 1. The van der Waals surface area contributed by atoms with Gasteiger partial charge in [-0.25, -0.2) is 4.79 Å². The van der Waals surface area contributed by atoms with Crippen LogP contribution < -0.4 is 5.32 Å². The van der Waals surface area contributed by atoms with Crippen molar-refractivity contribution in [3.05, 3.63) is 0 Å². The molecule has 5 heteroatoms. The molecule has 1 atom stereocenters. The summed E-state index contributed by atoms with van der Waals surface area (Å²) in [4.78, 5) is 23.3. The Labute approximate surface area is 75.7 Å². The van der Waals surface area contributed by atoms with Crippen LogP contribution in [0.15, 0.2) is 0 Å². The summed E-state index contributed by atoms with van der Waals surface area (Å²) < 4.78 is 0. The number of rotatable bonds is 2. The van der Waals surface area contributed by atoms with Gasteiger partial charge < -0.3 is 5.32 Å². The number of hydrogen-bond donors (Lipinski definition) is 1. The summed E-state index contributed by atoms with van der Waals surface area (Å²) in [5, 5.41) is 2.54. The molecular weight excluding hydrogens is 176 g/mol. The Kier molecular flexibility index (Phi) is 2.62. The van der Waals surface area contributed by atoms with Crippen molar-refractivity contribution < 1.29 is 9.59 Å². The Bertz CT molecular complexity index is 217. The molecule has 1 saturated heterocycles. The highest BCUT2D eigenvalue weighted by Crippen LogP contribution is 2.20. The van der Waals surface area contributed by atoms with Gasteiger partial charge >= 0.3 is 6.03 Å². The van der Waals surface area contributed by atoms with Crippen molar-refractivity contribution in [3.8, 4) is 0 Å². The average molecular weight is 188 g/mol. The average Bonchev–Trinajstić information content (AvgIpc) is 2.17. The van der Waals surface area contributed by atoms with Gasteiger partial charge in [-0.05, 0) is 0 Å². The van der Waals surface area contributed by atoms with Crippen molar-refractivity contribution >= 4 is 23.7 Å². The lowest BCUT2D eigenvalue weighted by Crippen LogP contribution is -2.26. The van der Waals surface area contributed by atoms with Crippen LogP contribution in [0.1, 0.15) is 13.8 Å². The molecule has 0 aromatic carbocycles. The number of hydrogen-bond acceptors (Lipinski definition) is 3. The molecule has 68 valence electrons. The third-order valence-electron chi connectivity index (χ3n) is 1.52. The number of thioether (sulfide) groups is 1. The monoisotopic (exact) mass is 188 g/mol. The highest BCUT2D eigenvalue weighted by Gasteiger charge is 2.35. The molecule has 1 aliphatic heterocycles. The minimum atomic E-state index is -0.387. The lowest BCUT2D eigenvalue weighted by Gasteiger charge is -2.09. The maximum Gasteiger partial charge on any atom is 0.325 e. The van der Waals surface area contributed by atoms with E-state index >= 15 is 0 Å². The fourth-order valence-electron chi connectivity index (χ4n) is 0.911. The largest absolute Gasteiger partial charge is 0.325 e. The smallest absolute Gasteiger partial charge is 0.317 e. The van der Waals surface area contributed by atoms with Gasteiger partial charge in [-0.2, -0.15) is 0 Å². The van der Waals surface area contributed by atoms with Gasteiger partial charge in [0.15, 0.2) is 5.37 Å². The van der Waals surface area contributed by atoms with Crippen molar-refractivity contribution in [2.45, 2.75) is 24.5 Å². The lowest BCUT2D eigenvalue weighted by molar-refractivity contribution is -0.124. The second-order valence-corrected chi connectivity index (χ2v) is 4.60. The molecule has 0 radical (unpaired) electrons. The predicted molar refractivity (Wildman–Crippen MR) is 47.8 cm³/mol. The highest BCUT2D eigenvalue weighted by molar-refractivity contribution is 8.01. The van der Waals surface area contributed by atoms with Gasteiger partial charge in [-0.15, -0.1) is 11.8 Å². The zero-order valence-electron chi connectivity index (χ0n) is 7.33. The standard InChI is InChI=1S/C7H12N2O2S/c1-4(2)12-5-6(10)9(3)7(11)8-5/h4-5H,1-3H3,(H,8,11). The number of imide groups is 1. The first kappa shape index (κ1) is 9.38. The third-order valence-corrected chi connectivity index (χ3v) is 2.66. The molecule has 0 aliphatic carbocycles. The van der Waals surface area contributed by atoms with E-state index in [-0.39, 0.29) is 17.3 Å². The molecule has 1 fully saturated rings. The molecule has 1 N–H and O–H groups in total. The van der Waals surface area contributed by atoms with Crippen molar-refractivity contribution in [2.24, 2.45) is 0 Å². The zero-order chi connectivity index (χ0) is 9.30. The van der Waals surface area contributed by atoms with Gasteiger partial charge in [0.1, 0.15) is 0 Å². The first-order valence-corrected chi connectivity index (χ1v) is 4.70. The molecule has 0 bridgehead atoms. The minimum absolute atomic E-state index is 0.154. The molecular formula is C7H12N2O2S. The third kappa shape index (κ3) is 1.72. The maximum absolute atomic E-state index is 11.3. The quantitative estimate of drug-likeness (QED) is 0.647. The summed E-state index contributed by atoms with van der Waals surface area (Å²) in [6.45, 7) is 3.98. The van der Waals surface area contributed by atoms with Crippen LogP contribution in [0, 0.1) is 0 Å². The molecule has 12 heavy (non-hydrogen) atoms. The van der Waals surface area contributed by atoms with Crippen molar-refractivity contribution in [3.63, 3.8) is 0 Å². The van der Waals surface area contributed by atoms with E-state index in [1.165, 1.54) is 18.8 Å². The van der Waals surface area contributed by atoms with Gasteiger partial charge in [0.2, 0.25) is 0 Å². The summed E-state index contributed by atoms with van der Waals surface area (Å²) in [6, 6.07) is -0.307. The molecule has 0 saturated carbocycles. The van der Waals surface area contributed by atoms with Crippen LogP contribution in [-0.2, 0) is 4.79 Å². The molecule has 1 unspecified atom stereocenters. The van der Waals surface area contributed by atoms with Crippen LogP contribution >= 0.6 is 11.8 Å². The van der Waals surface area contributed by atoms with E-state index < -0.39 is 0 Å². The second-order valence-electron chi connectivity index (χ2n) is 2.91. The molecule has 0 spiro atoms. The molecule has 4 nitrogen and oxygen atoms in total. The fourth-order valence-corrected chi connectivity index (χ4v) is 1.90. The predicted octanol–water partition coefficient (Wildman–Crippen LogP) is 0.636. The molecule has 1 heterocycles. The Hall–Kier alpha value is -0.710. The Balaban J connectivity index is 2.59. The van der Waals surface area contributed by atoms with Gasteiger partial charge in [0.25, 0.3) is 5.91 Å². The zero-order valence-corrected chi connectivity index (χ0v) is 8.14. The van der Waals surface area contributed by atoms with Crippen molar-refractivity contribution in [1.82, 2.24) is 10.2 Å². The Morgan fingerprint density at radius 2 is 2.08 bits per heavy atom.